The Labute approximate surface area is 226 Å². The molecular formula is C27H33ClFN5O4. The molecule has 2 aliphatic rings. The number of carboxylic acid groups (broad SMARTS) is 1. The molecule has 0 radical (unpaired) electrons. The van der Waals surface area contributed by atoms with Gasteiger partial charge in [0, 0.05) is 36.1 Å². The van der Waals surface area contributed by atoms with Crippen LogP contribution < -0.4 is 20.7 Å². The van der Waals surface area contributed by atoms with Crippen molar-refractivity contribution in [3.8, 4) is 5.75 Å². The van der Waals surface area contributed by atoms with Crippen molar-refractivity contribution in [3.63, 3.8) is 0 Å². The molecule has 0 bridgehead atoms. The molecule has 5 rings (SSSR count). The molecule has 4 N–H and O–H groups in total. The van der Waals surface area contributed by atoms with Gasteiger partial charge in [0.25, 0.3) is 0 Å². The van der Waals surface area contributed by atoms with Crippen LogP contribution in [0.2, 0.25) is 5.02 Å². The highest BCUT2D eigenvalue weighted by Gasteiger charge is 2.22. The summed E-state index contributed by atoms with van der Waals surface area (Å²) >= 11 is 5.93. The van der Waals surface area contributed by atoms with Gasteiger partial charge < -0.3 is 30.5 Å². The van der Waals surface area contributed by atoms with Gasteiger partial charge in [0.15, 0.2) is 0 Å². The Kier molecular flexibility index (Phi) is 8.86. The Morgan fingerprint density at radius 3 is 2.66 bits per heavy atom. The number of hydrogen-bond acceptors (Lipinski definition) is 8. The summed E-state index contributed by atoms with van der Waals surface area (Å²) in [4.78, 5) is 18.9. The number of aromatic nitrogens is 2. The molecule has 2 aliphatic heterocycles. The van der Waals surface area contributed by atoms with Gasteiger partial charge in [-0.1, -0.05) is 11.6 Å². The van der Waals surface area contributed by atoms with Crippen molar-refractivity contribution in [2.75, 3.05) is 36.9 Å². The lowest BCUT2D eigenvalue weighted by atomic mass is 9.98. The number of benzene rings is 2. The number of fused-ring (bicyclic) bond motifs is 1. The van der Waals surface area contributed by atoms with Gasteiger partial charge in [0.1, 0.15) is 29.8 Å². The zero-order chi connectivity index (χ0) is 27.3. The summed E-state index contributed by atoms with van der Waals surface area (Å²) in [6.07, 6.45) is 3.42. The largest absolute Gasteiger partial charge is 0.486 e. The van der Waals surface area contributed by atoms with Crippen LogP contribution in [-0.4, -0.2) is 59.5 Å². The number of carbonyl (C=O) groups is 1. The Balaban J connectivity index is 0.000000426. The summed E-state index contributed by atoms with van der Waals surface area (Å²) in [7, 11) is 0. The first-order valence-corrected chi connectivity index (χ1v) is 12.9. The van der Waals surface area contributed by atoms with Crippen LogP contribution in [0.25, 0.3) is 10.9 Å². The second-order valence-corrected chi connectivity index (χ2v) is 10.7. The van der Waals surface area contributed by atoms with Crippen molar-refractivity contribution in [3.05, 3.63) is 47.5 Å². The molecule has 3 heterocycles. The minimum absolute atomic E-state index is 0.0282. The molecule has 0 saturated carbocycles. The first-order valence-electron chi connectivity index (χ1n) is 12.6. The number of carboxylic acids is 1. The van der Waals surface area contributed by atoms with E-state index in [0.717, 1.165) is 48.3 Å². The van der Waals surface area contributed by atoms with Crippen LogP contribution in [0, 0.1) is 11.2 Å². The minimum Gasteiger partial charge on any atom is -0.486 e. The SMILES string of the molecule is CC(C)(C)C(=O)O.Fc1ccc(Nc2ncnc3cc(O[C@H]4CCOC4)c(NC4CCNC4)cc23)cc1Cl. The summed E-state index contributed by atoms with van der Waals surface area (Å²) in [6.45, 7) is 8.17. The Hall–Kier alpha value is -3.21. The van der Waals surface area contributed by atoms with Gasteiger partial charge in [-0.15, -0.1) is 0 Å². The van der Waals surface area contributed by atoms with Crippen LogP contribution in [0.1, 0.15) is 33.6 Å². The second-order valence-electron chi connectivity index (χ2n) is 10.3. The van der Waals surface area contributed by atoms with Crippen molar-refractivity contribution in [1.29, 1.82) is 0 Å². The molecular weight excluding hydrogens is 513 g/mol. The molecule has 1 aromatic heterocycles. The van der Waals surface area contributed by atoms with Gasteiger partial charge in [0.05, 0.1) is 34.9 Å². The molecule has 0 spiro atoms. The zero-order valence-electron chi connectivity index (χ0n) is 21.7. The van der Waals surface area contributed by atoms with E-state index in [9.17, 15) is 9.18 Å². The van der Waals surface area contributed by atoms with Crippen molar-refractivity contribution in [2.45, 2.75) is 45.8 Å². The monoisotopic (exact) mass is 545 g/mol. The number of halogens is 2. The normalized spacial score (nSPS) is 19.1. The van der Waals surface area contributed by atoms with Crippen molar-refractivity contribution in [2.24, 2.45) is 5.41 Å². The molecule has 9 nitrogen and oxygen atoms in total. The summed E-state index contributed by atoms with van der Waals surface area (Å²) in [5.74, 6) is 0.141. The smallest absolute Gasteiger partial charge is 0.308 e. The molecule has 1 unspecified atom stereocenters. The van der Waals surface area contributed by atoms with Gasteiger partial charge in [-0.25, -0.2) is 14.4 Å². The predicted molar refractivity (Wildman–Crippen MR) is 146 cm³/mol. The summed E-state index contributed by atoms with van der Waals surface area (Å²) in [5.41, 5.74) is 1.70. The maximum atomic E-state index is 13.5. The average molecular weight is 546 g/mol. The fraction of sp³-hybridized carbons (Fsp3) is 0.444. The molecule has 38 heavy (non-hydrogen) atoms. The van der Waals surface area contributed by atoms with E-state index < -0.39 is 17.2 Å². The van der Waals surface area contributed by atoms with Crippen molar-refractivity contribution >= 4 is 45.7 Å². The molecule has 2 atom stereocenters. The molecule has 0 amide bonds. The zero-order valence-corrected chi connectivity index (χ0v) is 22.4. The number of nitrogens with one attached hydrogen (secondary N) is 3. The minimum atomic E-state index is -0.757. The van der Waals surface area contributed by atoms with Gasteiger partial charge in [0.2, 0.25) is 0 Å². The van der Waals surface area contributed by atoms with Crippen molar-refractivity contribution < 1.29 is 23.8 Å². The highest BCUT2D eigenvalue weighted by Crippen LogP contribution is 2.35. The van der Waals surface area contributed by atoms with Crippen LogP contribution in [0.3, 0.4) is 0 Å². The first kappa shape index (κ1) is 27.8. The van der Waals surface area contributed by atoms with E-state index in [2.05, 4.69) is 25.9 Å². The summed E-state index contributed by atoms with van der Waals surface area (Å²) < 4.78 is 25.3. The lowest BCUT2D eigenvalue weighted by Crippen LogP contribution is -2.23. The lowest BCUT2D eigenvalue weighted by molar-refractivity contribution is -0.145. The van der Waals surface area contributed by atoms with Gasteiger partial charge in [-0.05, 0) is 58.0 Å². The standard InChI is InChI=1S/C22H23ClFN5O2.C5H10O2/c23-17-7-13(1-2-18(17)24)29-22-16-8-20(28-14-3-5-25-10-14)21(9-19(16)26-12-27-22)31-15-4-6-30-11-15;1-5(2,3)4(6)7/h1-2,7-9,12,14-15,25,28H,3-6,10-11H2,(H,26,27,29);1-3H3,(H,6,7)/t14?,15-;/m0./s1. The number of rotatable bonds is 6. The summed E-state index contributed by atoms with van der Waals surface area (Å²) in [6, 6.07) is 8.73. The van der Waals surface area contributed by atoms with Crippen LogP contribution in [0.5, 0.6) is 5.75 Å². The third-order valence-corrected chi connectivity index (χ3v) is 6.45. The van der Waals surface area contributed by atoms with Gasteiger partial charge in [-0.2, -0.15) is 0 Å². The summed E-state index contributed by atoms with van der Waals surface area (Å²) in [5, 5.41) is 19.3. The van der Waals surface area contributed by atoms with E-state index in [1.807, 2.05) is 12.1 Å². The van der Waals surface area contributed by atoms with E-state index in [1.165, 1.54) is 18.5 Å². The molecule has 3 aromatic rings. The molecule has 2 saturated heterocycles. The number of hydrogen-bond donors (Lipinski definition) is 4. The number of aliphatic carboxylic acids is 1. The third kappa shape index (κ3) is 7.21. The second kappa shape index (κ2) is 12.1. The van der Waals surface area contributed by atoms with E-state index in [4.69, 9.17) is 26.2 Å². The average Bonchev–Trinajstić information content (AvgIpc) is 3.57. The fourth-order valence-corrected chi connectivity index (χ4v) is 4.07. The van der Waals surface area contributed by atoms with Crippen LogP contribution in [0.4, 0.5) is 21.6 Å². The highest BCUT2D eigenvalue weighted by atomic mass is 35.5. The third-order valence-electron chi connectivity index (χ3n) is 6.16. The van der Waals surface area contributed by atoms with Crippen molar-refractivity contribution in [1.82, 2.24) is 15.3 Å². The number of nitrogens with zero attached hydrogens (tertiary/aromatic N) is 2. The molecule has 204 valence electrons. The highest BCUT2D eigenvalue weighted by molar-refractivity contribution is 6.31. The first-order chi connectivity index (χ1) is 18.1. The quantitative estimate of drug-likeness (QED) is 0.330. The fourth-order valence-electron chi connectivity index (χ4n) is 3.89. The Morgan fingerprint density at radius 1 is 1.24 bits per heavy atom. The van der Waals surface area contributed by atoms with Crippen LogP contribution in [0.15, 0.2) is 36.7 Å². The van der Waals surface area contributed by atoms with E-state index in [1.54, 1.807) is 26.8 Å². The topological polar surface area (TPSA) is 118 Å². The van der Waals surface area contributed by atoms with E-state index in [-0.39, 0.29) is 11.1 Å². The molecule has 0 aliphatic carbocycles. The van der Waals surface area contributed by atoms with E-state index >= 15 is 0 Å². The maximum absolute atomic E-state index is 13.5. The van der Waals surface area contributed by atoms with Crippen LogP contribution in [-0.2, 0) is 9.53 Å². The Morgan fingerprint density at radius 2 is 2.03 bits per heavy atom. The lowest BCUT2D eigenvalue weighted by Gasteiger charge is -2.21. The molecule has 2 aromatic carbocycles. The maximum Gasteiger partial charge on any atom is 0.308 e. The molecule has 2 fully saturated rings. The van der Waals surface area contributed by atoms with E-state index in [0.29, 0.717) is 30.8 Å². The number of ether oxygens (including phenoxy) is 2. The predicted octanol–water partition coefficient (Wildman–Crippen LogP) is 5.22. The Bertz CT molecular complexity index is 1270. The van der Waals surface area contributed by atoms with Gasteiger partial charge in [-0.3, -0.25) is 4.79 Å². The molecule has 11 heteroatoms. The van der Waals surface area contributed by atoms with Gasteiger partial charge >= 0.3 is 5.97 Å². The number of anilines is 3. The van der Waals surface area contributed by atoms with Crippen LogP contribution >= 0.6 is 11.6 Å².